The zero-order chi connectivity index (χ0) is 14.5. The van der Waals surface area contributed by atoms with Gasteiger partial charge in [0.2, 0.25) is 5.91 Å². The van der Waals surface area contributed by atoms with Gasteiger partial charge in [0.05, 0.1) is 19.1 Å². The Kier molecular flexibility index (Phi) is 5.16. The van der Waals surface area contributed by atoms with Gasteiger partial charge >= 0.3 is 0 Å². The monoisotopic (exact) mass is 299 g/mol. The van der Waals surface area contributed by atoms with Gasteiger partial charge in [-0.1, -0.05) is 11.8 Å². The molecule has 2 heterocycles. The topological polar surface area (TPSA) is 95.7 Å². The molecule has 0 saturated heterocycles. The van der Waals surface area contributed by atoms with Gasteiger partial charge in [0, 0.05) is 37.7 Å². The molecular formula is C12H17N3O4S. The van der Waals surface area contributed by atoms with Crippen LogP contribution >= 0.6 is 11.8 Å². The summed E-state index contributed by atoms with van der Waals surface area (Å²) in [6.07, 6.45) is 1.47. The summed E-state index contributed by atoms with van der Waals surface area (Å²) in [4.78, 5) is 29.7. The van der Waals surface area contributed by atoms with E-state index in [9.17, 15) is 9.59 Å². The highest BCUT2D eigenvalue weighted by molar-refractivity contribution is 7.99. The van der Waals surface area contributed by atoms with E-state index in [0.717, 1.165) is 0 Å². The predicted molar refractivity (Wildman–Crippen MR) is 73.5 cm³/mol. The zero-order valence-corrected chi connectivity index (χ0v) is 11.8. The Morgan fingerprint density at radius 3 is 2.80 bits per heavy atom. The first-order valence-corrected chi connectivity index (χ1v) is 7.35. The van der Waals surface area contributed by atoms with E-state index in [-0.39, 0.29) is 43.7 Å². The van der Waals surface area contributed by atoms with E-state index in [0.29, 0.717) is 17.5 Å². The van der Waals surface area contributed by atoms with Crippen molar-refractivity contribution in [3.63, 3.8) is 0 Å². The van der Waals surface area contributed by atoms with Gasteiger partial charge < -0.3 is 15.1 Å². The van der Waals surface area contributed by atoms with Gasteiger partial charge in [-0.25, -0.2) is 4.98 Å². The number of hydrogen-bond acceptors (Lipinski definition) is 6. The van der Waals surface area contributed by atoms with Crippen LogP contribution in [0.3, 0.4) is 0 Å². The highest BCUT2D eigenvalue weighted by Gasteiger charge is 2.29. The fourth-order valence-electron chi connectivity index (χ4n) is 2.13. The van der Waals surface area contributed by atoms with Gasteiger partial charge in [-0.15, -0.1) is 0 Å². The minimum atomic E-state index is -0.340. The molecule has 20 heavy (non-hydrogen) atoms. The van der Waals surface area contributed by atoms with E-state index < -0.39 is 0 Å². The number of fused-ring (bicyclic) bond motifs is 1. The molecule has 0 bridgehead atoms. The van der Waals surface area contributed by atoms with E-state index in [1.165, 1.54) is 33.5 Å². The summed E-state index contributed by atoms with van der Waals surface area (Å²) in [6.45, 7) is 0.374. The average molecular weight is 299 g/mol. The van der Waals surface area contributed by atoms with Crippen LogP contribution < -0.4 is 5.56 Å². The Bertz CT molecular complexity index is 528. The maximum Gasteiger partial charge on any atom is 0.254 e. The van der Waals surface area contributed by atoms with Crippen LogP contribution in [-0.2, 0) is 11.3 Å². The van der Waals surface area contributed by atoms with Crippen LogP contribution in [0.5, 0.6) is 0 Å². The second-order valence-electron chi connectivity index (χ2n) is 4.46. The second-order valence-corrected chi connectivity index (χ2v) is 5.44. The van der Waals surface area contributed by atoms with Gasteiger partial charge in [-0.2, -0.15) is 0 Å². The normalized spacial score (nSPS) is 17.6. The molecule has 2 N–H and O–H groups in total. The standard InChI is InChI=1S/C12H17N3O4S/c16-5-3-14(4-6-17)11(19)9-7-15-10(18)1-2-13-12(15)20-8-9/h1-2,9,16-17H,3-8H2. The van der Waals surface area contributed by atoms with Crippen LogP contribution in [0.4, 0.5) is 0 Å². The molecule has 1 aromatic heterocycles. The van der Waals surface area contributed by atoms with Crippen molar-refractivity contribution in [2.75, 3.05) is 32.1 Å². The van der Waals surface area contributed by atoms with Crippen molar-refractivity contribution in [1.82, 2.24) is 14.5 Å². The minimum Gasteiger partial charge on any atom is -0.395 e. The molecule has 1 unspecified atom stereocenters. The fraction of sp³-hybridized carbons (Fsp3) is 0.583. The lowest BCUT2D eigenvalue weighted by Crippen LogP contribution is -2.44. The molecule has 110 valence electrons. The molecule has 0 saturated carbocycles. The number of aliphatic hydroxyl groups is 2. The Labute approximate surface area is 120 Å². The predicted octanol–water partition coefficient (Wildman–Crippen LogP) is -1.22. The van der Waals surface area contributed by atoms with E-state index in [1.807, 2.05) is 0 Å². The quantitative estimate of drug-likeness (QED) is 0.662. The van der Waals surface area contributed by atoms with Crippen LogP contribution in [0, 0.1) is 5.92 Å². The number of aliphatic hydroxyl groups excluding tert-OH is 2. The molecule has 0 aromatic carbocycles. The third-order valence-corrected chi connectivity index (χ3v) is 4.27. The lowest BCUT2D eigenvalue weighted by atomic mass is 10.1. The maximum absolute atomic E-state index is 12.4. The van der Waals surface area contributed by atoms with Crippen LogP contribution in [0.2, 0.25) is 0 Å². The number of aromatic nitrogens is 2. The van der Waals surface area contributed by atoms with Gasteiger partial charge in [0.15, 0.2) is 5.16 Å². The Hall–Kier alpha value is -1.38. The van der Waals surface area contributed by atoms with Crippen molar-refractivity contribution >= 4 is 17.7 Å². The molecule has 1 amide bonds. The third-order valence-electron chi connectivity index (χ3n) is 3.12. The number of amides is 1. The molecule has 0 aliphatic carbocycles. The third kappa shape index (κ3) is 3.20. The van der Waals surface area contributed by atoms with Crippen LogP contribution in [0.1, 0.15) is 0 Å². The SMILES string of the molecule is O=C(C1CSc2nccc(=O)n2C1)N(CCO)CCO. The minimum absolute atomic E-state index is 0.149. The number of rotatable bonds is 5. The average Bonchev–Trinajstić information content (AvgIpc) is 2.46. The largest absolute Gasteiger partial charge is 0.395 e. The molecule has 2 rings (SSSR count). The Morgan fingerprint density at radius 1 is 1.45 bits per heavy atom. The Morgan fingerprint density at radius 2 is 2.15 bits per heavy atom. The molecule has 1 atom stereocenters. The van der Waals surface area contributed by atoms with E-state index in [1.54, 1.807) is 0 Å². The van der Waals surface area contributed by atoms with Crippen molar-refractivity contribution in [2.24, 2.45) is 5.92 Å². The first-order chi connectivity index (χ1) is 9.67. The van der Waals surface area contributed by atoms with E-state index in [2.05, 4.69) is 4.98 Å². The second kappa shape index (κ2) is 6.87. The first-order valence-electron chi connectivity index (χ1n) is 6.36. The molecule has 8 heteroatoms. The highest BCUT2D eigenvalue weighted by Crippen LogP contribution is 2.25. The lowest BCUT2D eigenvalue weighted by Gasteiger charge is -2.29. The van der Waals surface area contributed by atoms with Gasteiger partial charge in [-0.3, -0.25) is 14.2 Å². The Balaban J connectivity index is 2.13. The van der Waals surface area contributed by atoms with Gasteiger partial charge in [-0.05, 0) is 0 Å². The summed E-state index contributed by atoms with van der Waals surface area (Å²) >= 11 is 1.37. The van der Waals surface area contributed by atoms with Crippen molar-refractivity contribution in [3.8, 4) is 0 Å². The molecular weight excluding hydrogens is 282 g/mol. The van der Waals surface area contributed by atoms with E-state index >= 15 is 0 Å². The van der Waals surface area contributed by atoms with Crippen molar-refractivity contribution in [2.45, 2.75) is 11.7 Å². The summed E-state index contributed by atoms with van der Waals surface area (Å²) in [5.74, 6) is 0.0531. The van der Waals surface area contributed by atoms with Crippen molar-refractivity contribution in [3.05, 3.63) is 22.6 Å². The molecule has 1 aromatic rings. The summed E-state index contributed by atoms with van der Waals surface area (Å²) < 4.78 is 1.49. The number of thioether (sulfide) groups is 1. The highest BCUT2D eigenvalue weighted by atomic mass is 32.2. The molecule has 0 spiro atoms. The summed E-state index contributed by atoms with van der Waals surface area (Å²) in [5, 5.41) is 18.6. The first kappa shape index (κ1) is 15.0. The summed E-state index contributed by atoms with van der Waals surface area (Å²) in [6, 6.07) is 1.37. The molecule has 0 radical (unpaired) electrons. The van der Waals surface area contributed by atoms with Crippen LogP contribution in [0.15, 0.2) is 22.2 Å². The van der Waals surface area contributed by atoms with E-state index in [4.69, 9.17) is 10.2 Å². The smallest absolute Gasteiger partial charge is 0.254 e. The fourth-order valence-corrected chi connectivity index (χ4v) is 3.19. The van der Waals surface area contributed by atoms with Crippen LogP contribution in [-0.4, -0.2) is 62.6 Å². The lowest BCUT2D eigenvalue weighted by molar-refractivity contribution is -0.136. The van der Waals surface area contributed by atoms with Crippen molar-refractivity contribution < 1.29 is 15.0 Å². The molecule has 1 aliphatic rings. The van der Waals surface area contributed by atoms with Gasteiger partial charge in [0.1, 0.15) is 0 Å². The summed E-state index contributed by atoms with van der Waals surface area (Å²) in [5.41, 5.74) is -0.170. The van der Waals surface area contributed by atoms with Crippen LogP contribution in [0.25, 0.3) is 0 Å². The summed E-state index contributed by atoms with van der Waals surface area (Å²) in [7, 11) is 0. The maximum atomic E-state index is 12.4. The number of nitrogens with zero attached hydrogens (tertiary/aromatic N) is 3. The number of hydrogen-bond donors (Lipinski definition) is 2. The number of carbonyl (C=O) groups excluding carboxylic acids is 1. The molecule has 0 fully saturated rings. The van der Waals surface area contributed by atoms with Gasteiger partial charge in [0.25, 0.3) is 5.56 Å². The van der Waals surface area contributed by atoms with Crippen molar-refractivity contribution in [1.29, 1.82) is 0 Å². The number of carbonyl (C=O) groups is 1. The molecule has 1 aliphatic heterocycles. The zero-order valence-electron chi connectivity index (χ0n) is 10.9. The molecule has 7 nitrogen and oxygen atoms in total.